The number of anilines is 1. The molecule has 0 spiro atoms. The van der Waals surface area contributed by atoms with Crippen LogP contribution in [-0.2, 0) is 11.4 Å². The third-order valence-corrected chi connectivity index (χ3v) is 5.89. The highest BCUT2D eigenvalue weighted by Crippen LogP contribution is 2.37. The molecule has 0 radical (unpaired) electrons. The largest absolute Gasteiger partial charge is 0.489 e. The Hall–Kier alpha value is -3.56. The van der Waals surface area contributed by atoms with Crippen LogP contribution in [0.25, 0.3) is 6.08 Å². The quantitative estimate of drug-likeness (QED) is 0.200. The number of non-ortho nitro benzene ring substituents is 1. The summed E-state index contributed by atoms with van der Waals surface area (Å²) in [5.41, 5.74) is 1.87. The molecule has 1 aliphatic heterocycles. The van der Waals surface area contributed by atoms with Gasteiger partial charge in [-0.25, -0.2) is 4.39 Å². The average Bonchev–Trinajstić information content (AvgIpc) is 3.07. The Morgan fingerprint density at radius 3 is 2.50 bits per heavy atom. The lowest BCUT2D eigenvalue weighted by molar-refractivity contribution is -0.384. The van der Waals surface area contributed by atoms with Crippen LogP contribution in [0, 0.1) is 15.9 Å². The molecule has 1 fully saturated rings. The Labute approximate surface area is 192 Å². The number of halogens is 1. The summed E-state index contributed by atoms with van der Waals surface area (Å²) >= 11 is 6.46. The molecule has 0 aromatic heterocycles. The highest BCUT2D eigenvalue weighted by molar-refractivity contribution is 8.27. The lowest BCUT2D eigenvalue weighted by atomic mass is 10.2. The number of hydrogen-bond acceptors (Lipinski definition) is 6. The van der Waals surface area contributed by atoms with Crippen LogP contribution in [0.1, 0.15) is 11.1 Å². The van der Waals surface area contributed by atoms with Gasteiger partial charge in [0.25, 0.3) is 11.6 Å². The number of carbonyl (C=O) groups excluding carboxylic acids is 1. The highest BCUT2D eigenvalue weighted by Gasteiger charge is 2.33. The zero-order valence-corrected chi connectivity index (χ0v) is 18.1. The molecule has 9 heteroatoms. The molecule has 160 valence electrons. The van der Waals surface area contributed by atoms with Gasteiger partial charge in [-0.2, -0.15) is 0 Å². The van der Waals surface area contributed by atoms with E-state index in [0.29, 0.717) is 27.3 Å². The number of benzene rings is 3. The van der Waals surface area contributed by atoms with Crippen LogP contribution in [0.5, 0.6) is 5.75 Å². The van der Waals surface area contributed by atoms with Gasteiger partial charge in [-0.1, -0.05) is 54.3 Å². The van der Waals surface area contributed by atoms with Gasteiger partial charge in [0, 0.05) is 12.1 Å². The Morgan fingerprint density at radius 2 is 1.81 bits per heavy atom. The lowest BCUT2D eigenvalue weighted by Gasteiger charge is -2.13. The highest BCUT2D eigenvalue weighted by atomic mass is 32.2. The summed E-state index contributed by atoms with van der Waals surface area (Å²) in [4.78, 5) is 25.1. The summed E-state index contributed by atoms with van der Waals surface area (Å²) < 4.78 is 19.0. The van der Waals surface area contributed by atoms with E-state index >= 15 is 0 Å². The second kappa shape index (κ2) is 9.29. The minimum atomic E-state index is -0.517. The van der Waals surface area contributed by atoms with E-state index in [0.717, 1.165) is 22.9 Å². The second-order valence-electron chi connectivity index (χ2n) is 6.78. The van der Waals surface area contributed by atoms with Gasteiger partial charge in [0.2, 0.25) is 0 Å². The number of nitro benzene ring substituents is 1. The second-order valence-corrected chi connectivity index (χ2v) is 8.45. The molecule has 32 heavy (non-hydrogen) atoms. The maximum atomic E-state index is 13.0. The van der Waals surface area contributed by atoms with Gasteiger partial charge < -0.3 is 4.74 Å². The van der Waals surface area contributed by atoms with Crippen LogP contribution in [0.3, 0.4) is 0 Å². The minimum Gasteiger partial charge on any atom is -0.489 e. The van der Waals surface area contributed by atoms with Crippen molar-refractivity contribution in [3.05, 3.63) is 105 Å². The first-order valence-corrected chi connectivity index (χ1v) is 10.6. The van der Waals surface area contributed by atoms with Crippen molar-refractivity contribution in [3.63, 3.8) is 0 Å². The van der Waals surface area contributed by atoms with Crippen molar-refractivity contribution in [3.8, 4) is 5.75 Å². The molecule has 0 saturated carbocycles. The third kappa shape index (κ3) is 4.84. The zero-order valence-electron chi connectivity index (χ0n) is 16.4. The van der Waals surface area contributed by atoms with Gasteiger partial charge in [-0.15, -0.1) is 0 Å². The number of ether oxygens (including phenoxy) is 1. The number of thioether (sulfide) groups is 1. The van der Waals surface area contributed by atoms with E-state index in [1.807, 2.05) is 0 Å². The number of thiocarbonyl (C=S) groups is 1. The van der Waals surface area contributed by atoms with Gasteiger partial charge in [-0.05, 0) is 47.5 Å². The molecule has 1 amide bonds. The Morgan fingerprint density at radius 1 is 1.09 bits per heavy atom. The van der Waals surface area contributed by atoms with Crippen LogP contribution in [0.15, 0.2) is 77.7 Å². The molecule has 1 aliphatic rings. The fourth-order valence-electron chi connectivity index (χ4n) is 2.99. The summed E-state index contributed by atoms with van der Waals surface area (Å²) in [6, 6.07) is 19.0. The molecule has 6 nitrogen and oxygen atoms in total. The topological polar surface area (TPSA) is 72.7 Å². The van der Waals surface area contributed by atoms with Crippen LogP contribution in [-0.4, -0.2) is 15.2 Å². The van der Waals surface area contributed by atoms with E-state index in [2.05, 4.69) is 0 Å². The number of nitrogens with zero attached hydrogens (tertiary/aromatic N) is 2. The SMILES string of the molecule is O=C1/C(=C\c2ccc(OCc3ccc(F)cc3)cc2)SC(=S)N1c1cccc([N+](=O)[O-])c1. The van der Waals surface area contributed by atoms with Crippen molar-refractivity contribution in [1.29, 1.82) is 0 Å². The fourth-order valence-corrected chi connectivity index (χ4v) is 4.29. The van der Waals surface area contributed by atoms with Crippen LogP contribution >= 0.6 is 24.0 Å². The van der Waals surface area contributed by atoms with Crippen molar-refractivity contribution in [2.24, 2.45) is 0 Å². The summed E-state index contributed by atoms with van der Waals surface area (Å²) in [5, 5.41) is 11.0. The Bertz CT molecular complexity index is 1230. The van der Waals surface area contributed by atoms with Gasteiger partial charge in [0.05, 0.1) is 15.5 Å². The van der Waals surface area contributed by atoms with Crippen LogP contribution in [0.2, 0.25) is 0 Å². The summed E-state index contributed by atoms with van der Waals surface area (Å²) in [5.74, 6) is 0.00163. The van der Waals surface area contributed by atoms with E-state index in [9.17, 15) is 19.3 Å². The molecule has 1 heterocycles. The Balaban J connectivity index is 1.46. The monoisotopic (exact) mass is 466 g/mol. The predicted molar refractivity (Wildman–Crippen MR) is 126 cm³/mol. The summed E-state index contributed by atoms with van der Waals surface area (Å²) in [6.07, 6.45) is 1.71. The van der Waals surface area contributed by atoms with E-state index < -0.39 is 4.92 Å². The summed E-state index contributed by atoms with van der Waals surface area (Å²) in [7, 11) is 0. The number of nitro groups is 1. The maximum Gasteiger partial charge on any atom is 0.271 e. The third-order valence-electron chi connectivity index (χ3n) is 4.59. The van der Waals surface area contributed by atoms with E-state index in [-0.39, 0.29) is 17.4 Å². The molecule has 0 unspecified atom stereocenters. The Kier molecular flexibility index (Phi) is 6.29. The first-order chi connectivity index (χ1) is 15.4. The molecule has 0 aliphatic carbocycles. The number of rotatable bonds is 6. The standard InChI is InChI=1S/C23H15FN2O4S2/c24-17-8-4-16(5-9-17)14-30-20-10-6-15(7-11-20)12-21-22(27)25(23(31)32-21)18-2-1-3-19(13-18)26(28)29/h1-13H,14H2/b21-12+. The van der Waals surface area contributed by atoms with Gasteiger partial charge >= 0.3 is 0 Å². The maximum absolute atomic E-state index is 13.0. The first-order valence-electron chi connectivity index (χ1n) is 9.40. The number of carbonyl (C=O) groups is 1. The molecule has 0 bridgehead atoms. The molecular weight excluding hydrogens is 451 g/mol. The van der Waals surface area contributed by atoms with Gasteiger partial charge in [0.1, 0.15) is 18.2 Å². The molecule has 0 N–H and O–H groups in total. The van der Waals surface area contributed by atoms with Crippen molar-refractivity contribution in [2.45, 2.75) is 6.61 Å². The smallest absolute Gasteiger partial charge is 0.271 e. The van der Waals surface area contributed by atoms with Crippen molar-refractivity contribution in [1.82, 2.24) is 0 Å². The van der Waals surface area contributed by atoms with Gasteiger partial charge in [0.15, 0.2) is 4.32 Å². The molecule has 3 aromatic carbocycles. The van der Waals surface area contributed by atoms with Crippen LogP contribution in [0.4, 0.5) is 15.8 Å². The average molecular weight is 467 g/mol. The molecule has 4 rings (SSSR count). The molecule has 3 aromatic rings. The predicted octanol–water partition coefficient (Wildman–Crippen LogP) is 5.72. The zero-order chi connectivity index (χ0) is 22.7. The molecular formula is C23H15FN2O4S2. The number of amides is 1. The van der Waals surface area contributed by atoms with Crippen molar-refractivity contribution in [2.75, 3.05) is 4.90 Å². The number of hydrogen-bond donors (Lipinski definition) is 0. The normalized spacial score (nSPS) is 14.8. The first kappa shape index (κ1) is 21.7. The molecule has 0 atom stereocenters. The molecule has 1 saturated heterocycles. The fraction of sp³-hybridized carbons (Fsp3) is 0.0435. The van der Waals surface area contributed by atoms with E-state index in [4.69, 9.17) is 17.0 Å². The van der Waals surface area contributed by atoms with E-state index in [1.54, 1.807) is 48.5 Å². The lowest BCUT2D eigenvalue weighted by Crippen LogP contribution is -2.27. The van der Waals surface area contributed by atoms with E-state index in [1.165, 1.54) is 35.2 Å². The van der Waals surface area contributed by atoms with Crippen molar-refractivity contribution >= 4 is 51.7 Å². The van der Waals surface area contributed by atoms with Crippen molar-refractivity contribution < 1.29 is 18.8 Å². The van der Waals surface area contributed by atoms with Gasteiger partial charge in [-0.3, -0.25) is 19.8 Å². The van der Waals surface area contributed by atoms with Crippen LogP contribution < -0.4 is 9.64 Å². The summed E-state index contributed by atoms with van der Waals surface area (Å²) in [6.45, 7) is 0.307. The minimum absolute atomic E-state index is 0.114.